The normalized spacial score (nSPS) is 14.0. The second-order valence-corrected chi connectivity index (χ2v) is 6.78. The maximum Gasteiger partial charge on any atom is 0.230 e. The number of amides is 1. The number of rotatable bonds is 6. The van der Waals surface area contributed by atoms with Gasteiger partial charge in [-0.1, -0.05) is 30.3 Å². The predicted octanol–water partition coefficient (Wildman–Crippen LogP) is 3.87. The molecule has 2 rings (SSSR count). The summed E-state index contributed by atoms with van der Waals surface area (Å²) < 4.78 is 26.9. The molecule has 2 aromatic carbocycles. The van der Waals surface area contributed by atoms with E-state index in [0.29, 0.717) is 11.1 Å². The average molecular weight is 347 g/mol. The molecule has 0 spiro atoms. The van der Waals surface area contributed by atoms with Gasteiger partial charge in [0.15, 0.2) is 0 Å². The molecule has 0 aliphatic carbocycles. The highest BCUT2D eigenvalue weighted by Gasteiger charge is 2.33. The molecular formula is C20H23F2NO2. The van der Waals surface area contributed by atoms with Crippen LogP contribution >= 0.6 is 0 Å². The van der Waals surface area contributed by atoms with E-state index in [1.165, 1.54) is 30.3 Å². The largest absolute Gasteiger partial charge is 0.388 e. The van der Waals surface area contributed by atoms with Crippen molar-refractivity contribution in [3.8, 4) is 0 Å². The molecule has 3 nitrogen and oxygen atoms in total. The van der Waals surface area contributed by atoms with Gasteiger partial charge in [-0.15, -0.1) is 0 Å². The molecule has 0 bridgehead atoms. The maximum absolute atomic E-state index is 14.0. The molecule has 0 heterocycles. The van der Waals surface area contributed by atoms with Crippen molar-refractivity contribution in [1.29, 1.82) is 0 Å². The van der Waals surface area contributed by atoms with E-state index < -0.39 is 17.3 Å². The monoisotopic (exact) mass is 347 g/mol. The van der Waals surface area contributed by atoms with Crippen molar-refractivity contribution in [2.45, 2.75) is 44.8 Å². The predicted molar refractivity (Wildman–Crippen MR) is 93.0 cm³/mol. The number of hydrogen-bond donors (Lipinski definition) is 2. The van der Waals surface area contributed by atoms with Crippen LogP contribution < -0.4 is 5.32 Å². The van der Waals surface area contributed by atoms with Gasteiger partial charge in [-0.3, -0.25) is 4.79 Å². The first-order valence-electron chi connectivity index (χ1n) is 8.21. The van der Waals surface area contributed by atoms with Crippen molar-refractivity contribution < 1.29 is 18.7 Å². The van der Waals surface area contributed by atoms with Crippen molar-refractivity contribution in [2.75, 3.05) is 0 Å². The van der Waals surface area contributed by atoms with Crippen LogP contribution in [0.4, 0.5) is 8.78 Å². The number of halogens is 2. The summed E-state index contributed by atoms with van der Waals surface area (Å²) in [6, 6.07) is 11.4. The van der Waals surface area contributed by atoms with E-state index in [2.05, 4.69) is 5.32 Å². The van der Waals surface area contributed by atoms with Crippen LogP contribution in [-0.2, 0) is 10.2 Å². The van der Waals surface area contributed by atoms with Crippen LogP contribution in [0.1, 0.15) is 44.4 Å². The smallest absolute Gasteiger partial charge is 0.230 e. The van der Waals surface area contributed by atoms with Gasteiger partial charge in [-0.05, 0) is 51.0 Å². The summed E-state index contributed by atoms with van der Waals surface area (Å²) in [5.41, 5.74) is -0.143. The maximum atomic E-state index is 14.0. The molecule has 2 N–H and O–H groups in total. The lowest BCUT2D eigenvalue weighted by Crippen LogP contribution is -2.45. The summed E-state index contributed by atoms with van der Waals surface area (Å²) >= 11 is 0. The summed E-state index contributed by atoms with van der Waals surface area (Å²) in [7, 11) is 0. The fraction of sp³-hybridized carbons (Fsp3) is 0.350. The van der Waals surface area contributed by atoms with Gasteiger partial charge in [0.25, 0.3) is 0 Å². The Bertz CT molecular complexity index is 729. The zero-order valence-electron chi connectivity index (χ0n) is 14.6. The number of carbonyl (C=O) groups is 1. The molecule has 0 saturated carbocycles. The molecule has 0 aromatic heterocycles. The van der Waals surface area contributed by atoms with Crippen LogP contribution in [0.5, 0.6) is 0 Å². The Kier molecular flexibility index (Phi) is 5.90. The third-order valence-electron chi connectivity index (χ3n) is 4.32. The van der Waals surface area contributed by atoms with Gasteiger partial charge in [0.1, 0.15) is 11.6 Å². The molecule has 2 atom stereocenters. The van der Waals surface area contributed by atoms with Crippen molar-refractivity contribution in [3.05, 3.63) is 71.3 Å². The molecule has 134 valence electrons. The molecule has 0 saturated heterocycles. The highest BCUT2D eigenvalue weighted by atomic mass is 19.1. The topological polar surface area (TPSA) is 49.3 Å². The second kappa shape index (κ2) is 7.74. The summed E-state index contributed by atoms with van der Waals surface area (Å²) in [5.74, 6) is -1.12. The van der Waals surface area contributed by atoms with E-state index in [0.717, 1.165) is 0 Å². The first-order valence-corrected chi connectivity index (χ1v) is 8.21. The van der Waals surface area contributed by atoms with Crippen molar-refractivity contribution in [2.24, 2.45) is 0 Å². The number of nitrogens with one attached hydrogen (secondary N) is 1. The van der Waals surface area contributed by atoms with Gasteiger partial charge in [0.05, 0.1) is 11.5 Å². The summed E-state index contributed by atoms with van der Waals surface area (Å²) in [5, 5.41) is 13.0. The quantitative estimate of drug-likeness (QED) is 0.833. The van der Waals surface area contributed by atoms with Gasteiger partial charge in [-0.25, -0.2) is 8.78 Å². The van der Waals surface area contributed by atoms with Crippen LogP contribution in [0.15, 0.2) is 48.5 Å². The second-order valence-electron chi connectivity index (χ2n) is 6.78. The Labute approximate surface area is 146 Å². The minimum atomic E-state index is -1.04. The number of aliphatic hydroxyl groups is 1. The number of aliphatic hydroxyl groups excluding tert-OH is 1. The molecule has 0 aliphatic heterocycles. The molecule has 2 unspecified atom stereocenters. The highest BCUT2D eigenvalue weighted by Crippen LogP contribution is 2.26. The Balaban J connectivity index is 2.01. The van der Waals surface area contributed by atoms with E-state index in [-0.39, 0.29) is 24.2 Å². The zero-order valence-corrected chi connectivity index (χ0v) is 14.6. The number of hydrogen-bond acceptors (Lipinski definition) is 2. The minimum absolute atomic E-state index is 0.269. The molecule has 5 heteroatoms. The van der Waals surface area contributed by atoms with Crippen molar-refractivity contribution in [3.63, 3.8) is 0 Å². The van der Waals surface area contributed by atoms with E-state index in [1.54, 1.807) is 39.0 Å². The zero-order chi connectivity index (χ0) is 18.6. The Morgan fingerprint density at radius 1 is 1.12 bits per heavy atom. The SMILES string of the molecule is CC(CC(O)c1ccc(F)cc1)NC(=O)C(C)(C)c1ccccc1F. The van der Waals surface area contributed by atoms with Crippen LogP contribution in [0, 0.1) is 11.6 Å². The highest BCUT2D eigenvalue weighted by molar-refractivity contribution is 5.87. The fourth-order valence-corrected chi connectivity index (χ4v) is 2.71. The van der Waals surface area contributed by atoms with Crippen molar-refractivity contribution >= 4 is 5.91 Å². The first kappa shape index (κ1) is 19.1. The van der Waals surface area contributed by atoms with Gasteiger partial charge >= 0.3 is 0 Å². The van der Waals surface area contributed by atoms with E-state index in [9.17, 15) is 18.7 Å². The third kappa shape index (κ3) is 4.63. The van der Waals surface area contributed by atoms with Gasteiger partial charge in [-0.2, -0.15) is 0 Å². The van der Waals surface area contributed by atoms with Crippen LogP contribution in [-0.4, -0.2) is 17.1 Å². The molecule has 0 radical (unpaired) electrons. The first-order chi connectivity index (χ1) is 11.7. The standard InChI is InChI=1S/C20H23F2NO2/c1-13(12-18(24)14-8-10-15(21)11-9-14)23-19(25)20(2,3)16-6-4-5-7-17(16)22/h4-11,13,18,24H,12H2,1-3H3,(H,23,25). The molecule has 1 amide bonds. The minimum Gasteiger partial charge on any atom is -0.388 e. The fourth-order valence-electron chi connectivity index (χ4n) is 2.71. The Morgan fingerprint density at radius 3 is 2.32 bits per heavy atom. The lowest BCUT2D eigenvalue weighted by Gasteiger charge is -2.27. The van der Waals surface area contributed by atoms with E-state index >= 15 is 0 Å². The van der Waals surface area contributed by atoms with Gasteiger partial charge in [0, 0.05) is 11.6 Å². The molecule has 0 aliphatic rings. The lowest BCUT2D eigenvalue weighted by molar-refractivity contribution is -0.126. The van der Waals surface area contributed by atoms with Crippen LogP contribution in [0.25, 0.3) is 0 Å². The summed E-state index contributed by atoms with van der Waals surface area (Å²) in [6.45, 7) is 5.08. The Morgan fingerprint density at radius 2 is 1.72 bits per heavy atom. The Hall–Kier alpha value is -2.27. The van der Waals surface area contributed by atoms with Crippen LogP contribution in [0.2, 0.25) is 0 Å². The average Bonchev–Trinajstić information content (AvgIpc) is 2.55. The summed E-state index contributed by atoms with van der Waals surface area (Å²) in [6.07, 6.45) is -0.558. The molecule has 0 fully saturated rings. The van der Waals surface area contributed by atoms with Crippen LogP contribution in [0.3, 0.4) is 0 Å². The number of carbonyl (C=O) groups excluding carboxylic acids is 1. The van der Waals surface area contributed by atoms with E-state index in [1.807, 2.05) is 0 Å². The van der Waals surface area contributed by atoms with E-state index in [4.69, 9.17) is 0 Å². The molecule has 2 aromatic rings. The summed E-state index contributed by atoms with van der Waals surface area (Å²) in [4.78, 5) is 12.6. The third-order valence-corrected chi connectivity index (χ3v) is 4.32. The molecule has 25 heavy (non-hydrogen) atoms. The van der Waals surface area contributed by atoms with Gasteiger partial charge < -0.3 is 10.4 Å². The van der Waals surface area contributed by atoms with Gasteiger partial charge in [0.2, 0.25) is 5.91 Å². The molecular weight excluding hydrogens is 324 g/mol. The number of benzene rings is 2. The lowest BCUT2D eigenvalue weighted by atomic mass is 9.83. The van der Waals surface area contributed by atoms with Crippen molar-refractivity contribution in [1.82, 2.24) is 5.32 Å².